The van der Waals surface area contributed by atoms with E-state index in [-0.39, 0.29) is 0 Å². The van der Waals surface area contributed by atoms with E-state index in [4.69, 9.17) is 11.6 Å². The minimum Gasteiger partial charge on any atom is -0.323 e. The summed E-state index contributed by atoms with van der Waals surface area (Å²) in [6.07, 6.45) is 5.97. The number of rotatable bonds is 5. The van der Waals surface area contributed by atoms with E-state index in [2.05, 4.69) is 25.5 Å². The number of aryl methyl sites for hydroxylation is 1. The van der Waals surface area contributed by atoms with Crippen molar-refractivity contribution in [2.24, 2.45) is 0 Å². The second kappa shape index (κ2) is 13.5. The van der Waals surface area contributed by atoms with Crippen molar-refractivity contribution < 1.29 is 0 Å². The maximum absolute atomic E-state index is 6.05. The summed E-state index contributed by atoms with van der Waals surface area (Å²) in [7, 11) is 0. The van der Waals surface area contributed by atoms with E-state index >= 15 is 0 Å². The van der Waals surface area contributed by atoms with Gasteiger partial charge in [0.05, 0.1) is 0 Å². The van der Waals surface area contributed by atoms with Crippen LogP contribution in [0.3, 0.4) is 0 Å². The van der Waals surface area contributed by atoms with Crippen molar-refractivity contribution in [2.45, 2.75) is 53.6 Å². The molecule has 0 amide bonds. The maximum atomic E-state index is 6.05. The average molecular weight is 382 g/mol. The van der Waals surface area contributed by atoms with Crippen LogP contribution in [0.15, 0.2) is 40.4 Å². The molecule has 25 heavy (non-hydrogen) atoms. The Morgan fingerprint density at radius 1 is 1.12 bits per heavy atom. The lowest BCUT2D eigenvalue weighted by Crippen LogP contribution is -1.97. The van der Waals surface area contributed by atoms with Gasteiger partial charge in [-0.2, -0.15) is 5.10 Å². The predicted octanol–water partition coefficient (Wildman–Crippen LogP) is 6.53. The van der Waals surface area contributed by atoms with Gasteiger partial charge in [-0.15, -0.1) is 0 Å². The van der Waals surface area contributed by atoms with Crippen molar-refractivity contribution >= 4 is 35.0 Å². The highest BCUT2D eigenvalue weighted by Crippen LogP contribution is 2.27. The molecule has 0 fully saturated rings. The average Bonchev–Trinajstić information content (AvgIpc) is 3.02. The Bertz CT molecular complexity index is 680. The fourth-order valence-electron chi connectivity index (χ4n) is 1.58. The van der Waals surface area contributed by atoms with Crippen LogP contribution in [0.5, 0.6) is 0 Å². The van der Waals surface area contributed by atoms with Crippen LogP contribution in [-0.2, 0) is 0 Å². The number of thioether (sulfide) groups is 1. The molecule has 0 saturated carbocycles. The Hall–Kier alpha value is -1.79. The predicted molar refractivity (Wildman–Crippen MR) is 111 cm³/mol. The summed E-state index contributed by atoms with van der Waals surface area (Å²) in [5.41, 5.74) is 0.969. The van der Waals surface area contributed by atoms with Crippen LogP contribution in [0.4, 0.5) is 11.6 Å². The number of allylic oxidation sites excluding steroid dienone is 3. The number of hydrogen-bond acceptors (Lipinski definition) is 5. The quantitative estimate of drug-likeness (QED) is 0.266. The van der Waals surface area contributed by atoms with Gasteiger partial charge >= 0.3 is 0 Å². The second-order valence-corrected chi connectivity index (χ2v) is 5.64. The van der Waals surface area contributed by atoms with E-state index in [1.165, 1.54) is 11.8 Å². The minimum atomic E-state index is 0.387. The number of halogens is 1. The first kappa shape index (κ1) is 23.2. The van der Waals surface area contributed by atoms with E-state index < -0.39 is 0 Å². The summed E-state index contributed by atoms with van der Waals surface area (Å²) in [6, 6.07) is 3.56. The largest absolute Gasteiger partial charge is 0.323 e. The number of aromatic amines is 1. The van der Waals surface area contributed by atoms with Crippen LogP contribution in [0.1, 0.15) is 47.2 Å². The van der Waals surface area contributed by atoms with Gasteiger partial charge in [0.15, 0.2) is 11.0 Å². The molecule has 0 aliphatic rings. The Kier molecular flexibility index (Phi) is 12.5. The number of aromatic nitrogens is 4. The smallest absolute Gasteiger partial charge is 0.195 e. The van der Waals surface area contributed by atoms with Crippen molar-refractivity contribution in [3.05, 3.63) is 46.1 Å². The third-order valence-corrected chi connectivity index (χ3v) is 3.63. The first-order valence-electron chi connectivity index (χ1n) is 8.41. The lowest BCUT2D eigenvalue weighted by Gasteiger charge is -2.06. The van der Waals surface area contributed by atoms with Gasteiger partial charge in [-0.3, -0.25) is 5.10 Å². The fourth-order valence-corrected chi connectivity index (χ4v) is 2.63. The summed E-state index contributed by atoms with van der Waals surface area (Å²) < 4.78 is 0. The third-order valence-electron chi connectivity index (χ3n) is 2.46. The van der Waals surface area contributed by atoms with Crippen LogP contribution in [0.2, 0.25) is 5.15 Å². The summed E-state index contributed by atoms with van der Waals surface area (Å²) in [4.78, 5) is 9.72. The molecule has 138 valence electrons. The van der Waals surface area contributed by atoms with Gasteiger partial charge in [0, 0.05) is 22.7 Å². The lowest BCUT2D eigenvalue weighted by molar-refractivity contribution is 0.972. The number of anilines is 2. The number of H-pyrrole nitrogens is 1. The summed E-state index contributed by atoms with van der Waals surface area (Å²) in [5, 5.41) is 11.0. The topological polar surface area (TPSA) is 66.5 Å². The number of hydrogen-bond donors (Lipinski definition) is 2. The normalized spacial score (nSPS) is 10.6. The number of nitrogens with one attached hydrogen (secondary N) is 2. The van der Waals surface area contributed by atoms with Crippen LogP contribution < -0.4 is 5.32 Å². The van der Waals surface area contributed by atoms with Gasteiger partial charge in [-0.25, -0.2) is 9.97 Å². The van der Waals surface area contributed by atoms with Gasteiger partial charge < -0.3 is 5.32 Å². The molecule has 7 heteroatoms. The molecule has 0 unspecified atom stereocenters. The molecule has 0 radical (unpaired) electrons. The molecular formula is C18H28ClN5S. The summed E-state index contributed by atoms with van der Waals surface area (Å²) in [5.74, 6) is 1.30. The summed E-state index contributed by atoms with van der Waals surface area (Å²) in [6.45, 7) is 13.9. The van der Waals surface area contributed by atoms with Gasteiger partial charge in [-0.1, -0.05) is 69.3 Å². The standard InChI is InChI=1S/C14H16ClN5S.2C2H6/c1-4-6-10(5-2)21-14-16-11(15)8-12(18-14)17-13-7-9(3)19-20-13;2*1-2/h4-8H,1-3H3,(H2,16,17,18,19,20);2*1-2H3/b6-4-,10-5+;;. The van der Waals surface area contributed by atoms with Gasteiger partial charge in [-0.05, 0) is 20.8 Å². The van der Waals surface area contributed by atoms with Crippen molar-refractivity contribution in [1.29, 1.82) is 0 Å². The Morgan fingerprint density at radius 3 is 2.32 bits per heavy atom. The Balaban J connectivity index is 0.00000134. The SMILES string of the molecule is C/C=C\C(=C/C)Sc1nc(Cl)cc(Nc2cc(C)[nH]n2)n1.CC.CC. The fraction of sp³-hybridized carbons (Fsp3) is 0.389. The third kappa shape index (κ3) is 8.74. The van der Waals surface area contributed by atoms with E-state index in [1.807, 2.05) is 72.8 Å². The highest BCUT2D eigenvalue weighted by atomic mass is 35.5. The zero-order valence-electron chi connectivity index (χ0n) is 16.0. The lowest BCUT2D eigenvalue weighted by atomic mass is 10.4. The molecule has 2 aromatic heterocycles. The maximum Gasteiger partial charge on any atom is 0.195 e. The molecule has 0 aromatic carbocycles. The van der Waals surface area contributed by atoms with E-state index in [0.717, 1.165) is 10.6 Å². The van der Waals surface area contributed by atoms with Crippen molar-refractivity contribution in [1.82, 2.24) is 20.2 Å². The first-order chi connectivity index (χ1) is 12.1. The molecule has 0 spiro atoms. The van der Waals surface area contributed by atoms with Gasteiger partial charge in [0.1, 0.15) is 11.0 Å². The minimum absolute atomic E-state index is 0.387. The zero-order chi connectivity index (χ0) is 19.2. The molecule has 0 atom stereocenters. The Morgan fingerprint density at radius 2 is 1.80 bits per heavy atom. The highest BCUT2D eigenvalue weighted by molar-refractivity contribution is 8.03. The van der Waals surface area contributed by atoms with Gasteiger partial charge in [0.2, 0.25) is 0 Å². The molecule has 2 N–H and O–H groups in total. The van der Waals surface area contributed by atoms with Crippen LogP contribution in [0, 0.1) is 6.92 Å². The molecule has 2 heterocycles. The van der Waals surface area contributed by atoms with Crippen molar-refractivity contribution in [3.63, 3.8) is 0 Å². The van der Waals surface area contributed by atoms with Crippen LogP contribution in [-0.4, -0.2) is 20.2 Å². The molecule has 0 bridgehead atoms. The van der Waals surface area contributed by atoms with Gasteiger partial charge in [0.25, 0.3) is 0 Å². The summed E-state index contributed by atoms with van der Waals surface area (Å²) >= 11 is 7.51. The van der Waals surface area contributed by atoms with E-state index in [0.29, 0.717) is 21.9 Å². The first-order valence-corrected chi connectivity index (χ1v) is 9.60. The molecule has 0 aliphatic heterocycles. The van der Waals surface area contributed by atoms with Crippen molar-refractivity contribution in [3.8, 4) is 0 Å². The number of nitrogens with zero attached hydrogens (tertiary/aromatic N) is 3. The highest BCUT2D eigenvalue weighted by Gasteiger charge is 2.07. The molecule has 5 nitrogen and oxygen atoms in total. The molecule has 2 aromatic rings. The molecule has 0 aliphatic carbocycles. The monoisotopic (exact) mass is 381 g/mol. The zero-order valence-corrected chi connectivity index (χ0v) is 17.6. The van der Waals surface area contributed by atoms with Crippen LogP contribution in [0.25, 0.3) is 0 Å². The molecular weight excluding hydrogens is 354 g/mol. The van der Waals surface area contributed by atoms with E-state index in [1.54, 1.807) is 6.07 Å². The van der Waals surface area contributed by atoms with Crippen molar-refractivity contribution in [2.75, 3.05) is 5.32 Å². The Labute approximate surface area is 160 Å². The van der Waals surface area contributed by atoms with E-state index in [9.17, 15) is 0 Å². The van der Waals surface area contributed by atoms with Crippen LogP contribution >= 0.6 is 23.4 Å². The second-order valence-electron chi connectivity index (χ2n) is 4.21. The molecule has 0 saturated heterocycles. The molecule has 2 rings (SSSR count).